The lowest BCUT2D eigenvalue weighted by Gasteiger charge is -2.02. The van der Waals surface area contributed by atoms with E-state index in [1.54, 1.807) is 41.7 Å². The van der Waals surface area contributed by atoms with Crippen LogP contribution in [0.25, 0.3) is 11.3 Å². The van der Waals surface area contributed by atoms with Crippen LogP contribution in [0.2, 0.25) is 0 Å². The highest BCUT2D eigenvalue weighted by Crippen LogP contribution is 2.24. The van der Waals surface area contributed by atoms with E-state index < -0.39 is 0 Å². The van der Waals surface area contributed by atoms with Crippen LogP contribution in [0.4, 0.5) is 4.39 Å². The topological polar surface area (TPSA) is 42.2 Å². The molecule has 112 valence electrons. The first-order valence-electron chi connectivity index (χ1n) is 6.89. The summed E-state index contributed by atoms with van der Waals surface area (Å²) in [5.41, 5.74) is 0.347. The molecule has 0 saturated carbocycles. The van der Waals surface area contributed by atoms with Crippen LogP contribution in [0.5, 0.6) is 0 Å². The molecule has 1 aromatic carbocycles. The van der Waals surface area contributed by atoms with Crippen molar-refractivity contribution in [3.05, 3.63) is 70.4 Å². The molecule has 0 bridgehead atoms. The van der Waals surface area contributed by atoms with Crippen LogP contribution in [-0.4, -0.2) is 12.5 Å². The van der Waals surface area contributed by atoms with E-state index in [-0.39, 0.29) is 17.5 Å². The first-order valence-corrected chi connectivity index (χ1v) is 7.77. The summed E-state index contributed by atoms with van der Waals surface area (Å²) in [4.78, 5) is 13.2. The van der Waals surface area contributed by atoms with Crippen molar-refractivity contribution in [3.63, 3.8) is 0 Å². The van der Waals surface area contributed by atoms with Gasteiger partial charge in [-0.05, 0) is 42.1 Å². The molecule has 2 heterocycles. The van der Waals surface area contributed by atoms with Crippen molar-refractivity contribution in [1.29, 1.82) is 0 Å². The van der Waals surface area contributed by atoms with Gasteiger partial charge in [0.15, 0.2) is 5.76 Å². The van der Waals surface area contributed by atoms with Gasteiger partial charge in [-0.3, -0.25) is 4.79 Å². The van der Waals surface area contributed by atoms with Gasteiger partial charge in [-0.2, -0.15) is 0 Å². The fraction of sp³-hybridized carbons (Fsp3) is 0.118. The molecule has 2 aromatic heterocycles. The number of halogens is 1. The molecule has 1 N–H and O–H groups in total. The van der Waals surface area contributed by atoms with Crippen LogP contribution in [0.15, 0.2) is 58.3 Å². The molecule has 22 heavy (non-hydrogen) atoms. The summed E-state index contributed by atoms with van der Waals surface area (Å²) in [5.74, 6) is -0.133. The molecular formula is C17H14FNO2S. The molecule has 1 amide bonds. The number of nitrogens with one attached hydrogen (secondary N) is 1. The monoisotopic (exact) mass is 315 g/mol. The Bertz CT molecular complexity index is 765. The second-order valence-corrected chi connectivity index (χ2v) is 5.76. The molecule has 3 rings (SSSR count). The third-order valence-corrected chi connectivity index (χ3v) is 4.14. The van der Waals surface area contributed by atoms with Crippen LogP contribution >= 0.6 is 11.3 Å². The zero-order valence-electron chi connectivity index (χ0n) is 11.7. The molecule has 3 aromatic rings. The summed E-state index contributed by atoms with van der Waals surface area (Å²) in [5, 5.41) is 4.80. The molecular weight excluding hydrogens is 301 g/mol. The number of hydrogen-bond acceptors (Lipinski definition) is 3. The van der Waals surface area contributed by atoms with Gasteiger partial charge >= 0.3 is 0 Å². The van der Waals surface area contributed by atoms with Gasteiger partial charge in [0, 0.05) is 11.4 Å². The molecule has 0 saturated heterocycles. The Labute approximate surface area is 131 Å². The molecule has 0 aliphatic rings. The van der Waals surface area contributed by atoms with Crippen molar-refractivity contribution in [2.24, 2.45) is 0 Å². The lowest BCUT2D eigenvalue weighted by Crippen LogP contribution is -2.25. The number of amides is 1. The lowest BCUT2D eigenvalue weighted by atomic mass is 10.1. The minimum absolute atomic E-state index is 0.185. The summed E-state index contributed by atoms with van der Waals surface area (Å²) in [7, 11) is 0. The Kier molecular flexibility index (Phi) is 4.34. The van der Waals surface area contributed by atoms with E-state index >= 15 is 0 Å². The highest BCUT2D eigenvalue weighted by Gasteiger charge is 2.13. The average molecular weight is 315 g/mol. The van der Waals surface area contributed by atoms with E-state index in [2.05, 4.69) is 5.32 Å². The number of rotatable bonds is 5. The number of carbonyl (C=O) groups is 1. The van der Waals surface area contributed by atoms with Crippen molar-refractivity contribution < 1.29 is 13.6 Å². The maximum atomic E-state index is 13.7. The van der Waals surface area contributed by atoms with Crippen molar-refractivity contribution in [2.75, 3.05) is 6.54 Å². The van der Waals surface area contributed by atoms with Crippen molar-refractivity contribution in [2.45, 2.75) is 6.42 Å². The normalized spacial score (nSPS) is 10.6. The summed E-state index contributed by atoms with van der Waals surface area (Å²) >= 11 is 1.66. The number of thiophene rings is 1. The van der Waals surface area contributed by atoms with E-state index in [1.807, 2.05) is 17.5 Å². The zero-order valence-corrected chi connectivity index (χ0v) is 12.5. The maximum Gasteiger partial charge on any atom is 0.287 e. The third-order valence-electron chi connectivity index (χ3n) is 3.21. The Balaban J connectivity index is 1.63. The summed E-state index contributed by atoms with van der Waals surface area (Å²) < 4.78 is 19.1. The molecule has 3 nitrogen and oxygen atoms in total. The minimum Gasteiger partial charge on any atom is -0.451 e. The standard InChI is InChI=1S/C17H14FNO2S/c18-14-6-2-1-5-13(14)15-7-8-16(21-15)17(20)19-10-9-12-4-3-11-22-12/h1-8,11H,9-10H2,(H,19,20). The number of furan rings is 1. The smallest absolute Gasteiger partial charge is 0.287 e. The number of carbonyl (C=O) groups excluding carboxylic acids is 1. The number of benzene rings is 1. The van der Waals surface area contributed by atoms with Gasteiger partial charge in [-0.1, -0.05) is 18.2 Å². The highest BCUT2D eigenvalue weighted by atomic mass is 32.1. The predicted molar refractivity (Wildman–Crippen MR) is 84.5 cm³/mol. The van der Waals surface area contributed by atoms with Crippen LogP contribution in [0.3, 0.4) is 0 Å². The fourth-order valence-corrected chi connectivity index (χ4v) is 2.82. The molecule has 0 aliphatic carbocycles. The quantitative estimate of drug-likeness (QED) is 0.769. The van der Waals surface area contributed by atoms with Crippen molar-refractivity contribution in [1.82, 2.24) is 5.32 Å². The third kappa shape index (κ3) is 3.26. The molecule has 0 unspecified atom stereocenters. The predicted octanol–water partition coefficient (Wildman–Crippen LogP) is 4.12. The van der Waals surface area contributed by atoms with Crippen molar-refractivity contribution >= 4 is 17.2 Å². The Morgan fingerprint density at radius 3 is 2.77 bits per heavy atom. The largest absolute Gasteiger partial charge is 0.451 e. The molecule has 0 fully saturated rings. The van der Waals surface area contributed by atoms with E-state index in [0.717, 1.165) is 6.42 Å². The fourth-order valence-electron chi connectivity index (χ4n) is 2.11. The minimum atomic E-state index is -0.374. The van der Waals surface area contributed by atoms with E-state index in [1.165, 1.54) is 10.9 Å². The lowest BCUT2D eigenvalue weighted by molar-refractivity contribution is 0.0927. The van der Waals surface area contributed by atoms with Crippen LogP contribution in [-0.2, 0) is 6.42 Å². The average Bonchev–Trinajstić information content (AvgIpc) is 3.19. The molecule has 0 radical (unpaired) electrons. The van der Waals surface area contributed by atoms with Gasteiger partial charge in [0.1, 0.15) is 11.6 Å². The van der Waals surface area contributed by atoms with Crippen LogP contribution in [0.1, 0.15) is 15.4 Å². The maximum absolute atomic E-state index is 13.7. The van der Waals surface area contributed by atoms with Gasteiger partial charge in [0.2, 0.25) is 0 Å². The summed E-state index contributed by atoms with van der Waals surface area (Å²) in [6.07, 6.45) is 0.782. The Morgan fingerprint density at radius 1 is 1.14 bits per heavy atom. The Hall–Kier alpha value is -2.40. The number of hydrogen-bond donors (Lipinski definition) is 1. The van der Waals surface area contributed by atoms with Gasteiger partial charge in [-0.25, -0.2) is 4.39 Å². The summed E-state index contributed by atoms with van der Waals surface area (Å²) in [6, 6.07) is 13.5. The zero-order chi connectivity index (χ0) is 15.4. The van der Waals surface area contributed by atoms with Crippen LogP contribution < -0.4 is 5.32 Å². The first kappa shape index (κ1) is 14.5. The van der Waals surface area contributed by atoms with E-state index in [0.29, 0.717) is 17.9 Å². The van der Waals surface area contributed by atoms with Gasteiger partial charge in [-0.15, -0.1) is 11.3 Å². The second-order valence-electron chi connectivity index (χ2n) is 4.73. The van der Waals surface area contributed by atoms with Gasteiger partial charge < -0.3 is 9.73 Å². The van der Waals surface area contributed by atoms with E-state index in [4.69, 9.17) is 4.42 Å². The van der Waals surface area contributed by atoms with Gasteiger partial charge in [0.25, 0.3) is 5.91 Å². The van der Waals surface area contributed by atoms with Crippen molar-refractivity contribution in [3.8, 4) is 11.3 Å². The molecule has 5 heteroatoms. The highest BCUT2D eigenvalue weighted by molar-refractivity contribution is 7.09. The Morgan fingerprint density at radius 2 is 2.00 bits per heavy atom. The van der Waals surface area contributed by atoms with E-state index in [9.17, 15) is 9.18 Å². The molecule has 0 spiro atoms. The second kappa shape index (κ2) is 6.58. The van der Waals surface area contributed by atoms with Gasteiger partial charge in [0.05, 0.1) is 5.56 Å². The van der Waals surface area contributed by atoms with Crippen LogP contribution in [0, 0.1) is 5.82 Å². The first-order chi connectivity index (χ1) is 10.7. The molecule has 0 atom stereocenters. The molecule has 0 aliphatic heterocycles. The summed E-state index contributed by atoms with van der Waals surface area (Å²) in [6.45, 7) is 0.537. The SMILES string of the molecule is O=C(NCCc1cccs1)c1ccc(-c2ccccc2F)o1.